The van der Waals surface area contributed by atoms with Gasteiger partial charge in [-0.15, -0.1) is 50.9 Å². The molecule has 2 aromatic rings. The van der Waals surface area contributed by atoms with Crippen LogP contribution in [0.4, 0.5) is 0 Å². The number of aryl methyl sites for hydroxylation is 1. The minimum absolute atomic E-state index is 0. The quantitative estimate of drug-likeness (QED) is 0.572. The summed E-state index contributed by atoms with van der Waals surface area (Å²) < 4.78 is 0. The zero-order chi connectivity index (χ0) is 16.8. The maximum atomic E-state index is 10.4. The number of aliphatic hydroxyl groups excluding tert-OH is 1. The summed E-state index contributed by atoms with van der Waals surface area (Å²) in [7, 11) is 0. The number of aliphatic hydroxyl groups is 1. The van der Waals surface area contributed by atoms with Crippen LogP contribution in [0.3, 0.4) is 0 Å². The minimum Gasteiger partial charge on any atom is -0.387 e. The molecule has 4 nitrogen and oxygen atoms in total. The number of hydrogen-bond donors (Lipinski definition) is 1. The van der Waals surface area contributed by atoms with Crippen LogP contribution in [-0.4, -0.2) is 59.2 Å². The first-order valence-corrected chi connectivity index (χ1v) is 8.80. The Hall–Kier alpha value is -0.310. The first-order valence-electron chi connectivity index (χ1n) is 8.80. The van der Waals surface area contributed by atoms with Gasteiger partial charge in [0.15, 0.2) is 0 Å². The third-order valence-electron chi connectivity index (χ3n) is 4.77. The molecule has 1 aliphatic heterocycles. The lowest BCUT2D eigenvalue weighted by Gasteiger charge is -2.35. The third kappa shape index (κ3) is 8.71. The molecule has 1 aromatic heterocycles. The second kappa shape index (κ2) is 13.8. The molecule has 3 rings (SSSR count). The zero-order valence-electron chi connectivity index (χ0n) is 15.7. The van der Waals surface area contributed by atoms with Gasteiger partial charge in [-0.05, 0) is 25.0 Å². The molecule has 1 N–H and O–H groups in total. The van der Waals surface area contributed by atoms with Gasteiger partial charge in [0.2, 0.25) is 0 Å². The standard InChI is InChI=1S/C20H27N3O.3BrH/c1-17-7-8-19(15-21-17)20(24)16-23-13-11-22(12-14-23)10-9-18-5-3-2-4-6-18;;;/h2-8,15,20,24H,9-14,16H2,1H3;3*1H. The number of benzene rings is 1. The lowest BCUT2D eigenvalue weighted by Crippen LogP contribution is -2.47. The molecular weight excluding hydrogens is 538 g/mol. The molecule has 27 heavy (non-hydrogen) atoms. The highest BCUT2D eigenvalue weighted by molar-refractivity contribution is 8.93. The second-order valence-corrected chi connectivity index (χ2v) is 6.63. The van der Waals surface area contributed by atoms with Crippen LogP contribution in [0.1, 0.15) is 22.9 Å². The highest BCUT2D eigenvalue weighted by Gasteiger charge is 2.19. The molecule has 0 bridgehead atoms. The number of nitrogens with zero attached hydrogens (tertiary/aromatic N) is 3. The first-order chi connectivity index (χ1) is 11.7. The Morgan fingerprint density at radius 1 is 0.926 bits per heavy atom. The number of rotatable bonds is 6. The number of pyridine rings is 1. The molecule has 152 valence electrons. The van der Waals surface area contributed by atoms with E-state index in [2.05, 4.69) is 45.1 Å². The van der Waals surface area contributed by atoms with Crippen molar-refractivity contribution < 1.29 is 5.11 Å². The topological polar surface area (TPSA) is 39.6 Å². The van der Waals surface area contributed by atoms with Gasteiger partial charge >= 0.3 is 0 Å². The highest BCUT2D eigenvalue weighted by Crippen LogP contribution is 2.15. The van der Waals surface area contributed by atoms with Gasteiger partial charge in [-0.1, -0.05) is 36.4 Å². The SMILES string of the molecule is Br.Br.Br.Cc1ccc(C(O)CN2CCN(CCc3ccccc3)CC2)cn1. The summed E-state index contributed by atoms with van der Waals surface area (Å²) >= 11 is 0. The van der Waals surface area contributed by atoms with E-state index < -0.39 is 6.10 Å². The summed E-state index contributed by atoms with van der Waals surface area (Å²) in [5.41, 5.74) is 3.30. The third-order valence-corrected chi connectivity index (χ3v) is 4.77. The van der Waals surface area contributed by atoms with Crippen molar-refractivity contribution in [2.45, 2.75) is 19.4 Å². The molecule has 1 fully saturated rings. The largest absolute Gasteiger partial charge is 0.387 e. The van der Waals surface area contributed by atoms with Crippen molar-refractivity contribution in [1.29, 1.82) is 0 Å². The van der Waals surface area contributed by atoms with Gasteiger partial charge in [0, 0.05) is 56.7 Å². The zero-order valence-corrected chi connectivity index (χ0v) is 20.8. The molecule has 0 radical (unpaired) electrons. The summed E-state index contributed by atoms with van der Waals surface area (Å²) in [5.74, 6) is 0. The lowest BCUT2D eigenvalue weighted by molar-refractivity contribution is 0.0728. The monoisotopic (exact) mass is 565 g/mol. The molecule has 1 aliphatic rings. The van der Waals surface area contributed by atoms with Gasteiger partial charge in [-0.3, -0.25) is 9.88 Å². The van der Waals surface area contributed by atoms with Crippen molar-refractivity contribution in [3.05, 3.63) is 65.5 Å². The summed E-state index contributed by atoms with van der Waals surface area (Å²) in [6.07, 6.45) is 2.45. The maximum Gasteiger partial charge on any atom is 0.0931 e. The Morgan fingerprint density at radius 3 is 2.15 bits per heavy atom. The first kappa shape index (κ1) is 26.7. The summed E-state index contributed by atoms with van der Waals surface area (Å²) in [4.78, 5) is 9.14. The fourth-order valence-corrected chi connectivity index (χ4v) is 3.15. The number of aromatic nitrogens is 1. The fraction of sp³-hybridized carbons (Fsp3) is 0.450. The molecular formula is C20H30Br3N3O. The normalized spacial score (nSPS) is 15.8. The van der Waals surface area contributed by atoms with E-state index >= 15 is 0 Å². The van der Waals surface area contributed by atoms with Crippen molar-refractivity contribution in [2.24, 2.45) is 0 Å². The second-order valence-electron chi connectivity index (χ2n) is 6.63. The van der Waals surface area contributed by atoms with Gasteiger partial charge in [-0.25, -0.2) is 0 Å². The van der Waals surface area contributed by atoms with Crippen LogP contribution >= 0.6 is 50.9 Å². The molecule has 0 aliphatic carbocycles. The molecule has 2 heterocycles. The molecule has 1 aromatic carbocycles. The maximum absolute atomic E-state index is 10.4. The average Bonchev–Trinajstić information content (AvgIpc) is 2.62. The fourth-order valence-electron chi connectivity index (χ4n) is 3.15. The van der Waals surface area contributed by atoms with E-state index in [4.69, 9.17) is 0 Å². The predicted molar refractivity (Wildman–Crippen MR) is 128 cm³/mol. The smallest absolute Gasteiger partial charge is 0.0931 e. The van der Waals surface area contributed by atoms with Crippen molar-refractivity contribution in [2.75, 3.05) is 39.3 Å². The lowest BCUT2D eigenvalue weighted by atomic mass is 10.1. The van der Waals surface area contributed by atoms with E-state index in [0.29, 0.717) is 6.54 Å². The minimum atomic E-state index is -0.450. The van der Waals surface area contributed by atoms with Crippen LogP contribution in [0.15, 0.2) is 48.7 Å². The van der Waals surface area contributed by atoms with E-state index in [1.807, 2.05) is 19.1 Å². The summed E-state index contributed by atoms with van der Waals surface area (Å²) in [6.45, 7) is 7.96. The van der Waals surface area contributed by atoms with Crippen LogP contribution in [0.25, 0.3) is 0 Å². The van der Waals surface area contributed by atoms with Crippen molar-refractivity contribution in [3.63, 3.8) is 0 Å². The van der Waals surface area contributed by atoms with Crippen molar-refractivity contribution >= 4 is 50.9 Å². The van der Waals surface area contributed by atoms with Crippen LogP contribution in [0.5, 0.6) is 0 Å². The predicted octanol–water partition coefficient (Wildman–Crippen LogP) is 4.02. The Kier molecular flexibility index (Phi) is 13.6. The van der Waals surface area contributed by atoms with E-state index in [1.165, 1.54) is 5.56 Å². The molecule has 7 heteroatoms. The molecule has 0 spiro atoms. The Morgan fingerprint density at radius 2 is 1.56 bits per heavy atom. The van der Waals surface area contributed by atoms with Gasteiger partial charge < -0.3 is 10.0 Å². The Bertz CT molecular complexity index is 620. The Balaban J connectivity index is 0.00000225. The van der Waals surface area contributed by atoms with Crippen LogP contribution in [0.2, 0.25) is 0 Å². The number of piperazine rings is 1. The number of hydrogen-bond acceptors (Lipinski definition) is 4. The van der Waals surface area contributed by atoms with E-state index in [9.17, 15) is 5.11 Å². The Labute approximate surface area is 194 Å². The highest BCUT2D eigenvalue weighted by atomic mass is 79.9. The van der Waals surface area contributed by atoms with E-state index in [-0.39, 0.29) is 50.9 Å². The van der Waals surface area contributed by atoms with Crippen LogP contribution < -0.4 is 0 Å². The van der Waals surface area contributed by atoms with Crippen molar-refractivity contribution in [3.8, 4) is 0 Å². The van der Waals surface area contributed by atoms with Crippen LogP contribution in [0, 0.1) is 6.92 Å². The van der Waals surface area contributed by atoms with Gasteiger partial charge in [0.05, 0.1) is 6.10 Å². The molecule has 1 saturated heterocycles. The number of halogens is 3. The number of β-amino-alcohol motifs (C(OH)–C–C–N with tert-alkyl or cyclic N) is 1. The van der Waals surface area contributed by atoms with Crippen LogP contribution in [-0.2, 0) is 6.42 Å². The molecule has 1 atom stereocenters. The average molecular weight is 568 g/mol. The van der Waals surface area contributed by atoms with E-state index in [0.717, 1.165) is 50.4 Å². The van der Waals surface area contributed by atoms with Gasteiger partial charge in [0.1, 0.15) is 0 Å². The molecule has 1 unspecified atom stereocenters. The molecule has 0 saturated carbocycles. The van der Waals surface area contributed by atoms with E-state index in [1.54, 1.807) is 6.20 Å². The molecule has 0 amide bonds. The van der Waals surface area contributed by atoms with Gasteiger partial charge in [0.25, 0.3) is 0 Å². The van der Waals surface area contributed by atoms with Crippen molar-refractivity contribution in [1.82, 2.24) is 14.8 Å². The summed E-state index contributed by atoms with van der Waals surface area (Å²) in [6, 6.07) is 14.6. The van der Waals surface area contributed by atoms with Gasteiger partial charge in [-0.2, -0.15) is 0 Å². The summed E-state index contributed by atoms with van der Waals surface area (Å²) in [5, 5.41) is 10.4.